The first-order chi connectivity index (χ1) is 9.77. The van der Waals surface area contributed by atoms with E-state index in [1.54, 1.807) is 0 Å². The minimum atomic E-state index is -4.44. The van der Waals surface area contributed by atoms with Gasteiger partial charge in [-0.25, -0.2) is 9.97 Å². The maximum atomic E-state index is 12.9. The highest BCUT2D eigenvalue weighted by atomic mass is 35.5. The van der Waals surface area contributed by atoms with E-state index in [0.29, 0.717) is 5.82 Å². The van der Waals surface area contributed by atoms with Crippen molar-refractivity contribution in [3.05, 3.63) is 46.9 Å². The highest BCUT2D eigenvalue weighted by Gasteiger charge is 2.33. The molecule has 0 unspecified atom stereocenters. The molecule has 0 aliphatic heterocycles. The van der Waals surface area contributed by atoms with Gasteiger partial charge < -0.3 is 5.32 Å². The number of hydrogen-bond donors (Lipinski definition) is 1. The Labute approximate surface area is 125 Å². The number of aromatic nitrogens is 2. The first kappa shape index (κ1) is 15.6. The molecular weight excluding hydrogens is 303 g/mol. The Morgan fingerprint density at radius 3 is 2.43 bits per heavy atom. The van der Waals surface area contributed by atoms with Gasteiger partial charge in [-0.05, 0) is 12.1 Å². The predicted octanol–water partition coefficient (Wildman–Crippen LogP) is 5.02. The second-order valence-electron chi connectivity index (χ2n) is 4.76. The SMILES string of the molecule is CC(C)c1nc(Cl)cc(Nc2ccccc2C(F)(F)F)n1. The number of para-hydroxylation sites is 1. The lowest BCUT2D eigenvalue weighted by Crippen LogP contribution is -2.09. The van der Waals surface area contributed by atoms with E-state index in [1.165, 1.54) is 24.3 Å². The monoisotopic (exact) mass is 315 g/mol. The molecule has 0 radical (unpaired) electrons. The van der Waals surface area contributed by atoms with E-state index >= 15 is 0 Å². The van der Waals surface area contributed by atoms with Crippen LogP contribution in [-0.4, -0.2) is 9.97 Å². The van der Waals surface area contributed by atoms with E-state index in [9.17, 15) is 13.2 Å². The Hall–Kier alpha value is -1.82. The summed E-state index contributed by atoms with van der Waals surface area (Å²) < 4.78 is 38.8. The van der Waals surface area contributed by atoms with E-state index in [2.05, 4.69) is 15.3 Å². The Morgan fingerprint density at radius 1 is 1.14 bits per heavy atom. The third-order valence-corrected chi connectivity index (χ3v) is 2.92. The van der Waals surface area contributed by atoms with Crippen molar-refractivity contribution >= 4 is 23.1 Å². The molecule has 0 aliphatic rings. The summed E-state index contributed by atoms with van der Waals surface area (Å²) in [7, 11) is 0. The van der Waals surface area contributed by atoms with Crippen molar-refractivity contribution < 1.29 is 13.2 Å². The van der Waals surface area contributed by atoms with Crippen LogP contribution in [0.5, 0.6) is 0 Å². The molecule has 1 N–H and O–H groups in total. The summed E-state index contributed by atoms with van der Waals surface area (Å²) in [6.07, 6.45) is -4.44. The highest BCUT2D eigenvalue weighted by molar-refractivity contribution is 6.29. The van der Waals surface area contributed by atoms with Crippen molar-refractivity contribution in [2.75, 3.05) is 5.32 Å². The van der Waals surface area contributed by atoms with Crippen LogP contribution in [0.15, 0.2) is 30.3 Å². The molecule has 21 heavy (non-hydrogen) atoms. The number of halogens is 4. The molecule has 0 aliphatic carbocycles. The maximum Gasteiger partial charge on any atom is 0.418 e. The molecule has 0 bridgehead atoms. The molecule has 0 saturated heterocycles. The van der Waals surface area contributed by atoms with Crippen molar-refractivity contribution in [2.24, 2.45) is 0 Å². The first-order valence-electron chi connectivity index (χ1n) is 6.25. The quantitative estimate of drug-likeness (QED) is 0.808. The van der Waals surface area contributed by atoms with E-state index in [0.717, 1.165) is 6.07 Å². The maximum absolute atomic E-state index is 12.9. The molecule has 3 nitrogen and oxygen atoms in total. The van der Waals surface area contributed by atoms with Crippen molar-refractivity contribution in [3.8, 4) is 0 Å². The van der Waals surface area contributed by atoms with Gasteiger partial charge in [-0.1, -0.05) is 37.6 Å². The average molecular weight is 316 g/mol. The lowest BCUT2D eigenvalue weighted by atomic mass is 10.1. The molecule has 1 heterocycles. The van der Waals surface area contributed by atoms with Gasteiger partial charge in [0, 0.05) is 12.0 Å². The van der Waals surface area contributed by atoms with Gasteiger partial charge in [-0.3, -0.25) is 0 Å². The zero-order chi connectivity index (χ0) is 15.6. The summed E-state index contributed by atoms with van der Waals surface area (Å²) in [5, 5.41) is 2.84. The van der Waals surface area contributed by atoms with Gasteiger partial charge in [0.25, 0.3) is 0 Å². The number of alkyl halides is 3. The van der Waals surface area contributed by atoms with Crippen LogP contribution in [0.2, 0.25) is 5.15 Å². The van der Waals surface area contributed by atoms with E-state index < -0.39 is 11.7 Å². The van der Waals surface area contributed by atoms with Gasteiger partial charge in [0.2, 0.25) is 0 Å². The molecule has 112 valence electrons. The smallest absolute Gasteiger partial charge is 0.340 e. The van der Waals surface area contributed by atoms with Crippen LogP contribution in [-0.2, 0) is 6.18 Å². The van der Waals surface area contributed by atoms with Crippen molar-refractivity contribution in [3.63, 3.8) is 0 Å². The highest BCUT2D eigenvalue weighted by Crippen LogP contribution is 2.35. The largest absolute Gasteiger partial charge is 0.418 e. The zero-order valence-electron chi connectivity index (χ0n) is 11.4. The number of benzene rings is 1. The summed E-state index contributed by atoms with van der Waals surface area (Å²) in [5.41, 5.74) is -0.833. The Bertz CT molecular complexity index is 642. The van der Waals surface area contributed by atoms with E-state index in [1.807, 2.05) is 13.8 Å². The normalized spacial score (nSPS) is 11.8. The standard InChI is InChI=1S/C14H13ClF3N3/c1-8(2)13-20-11(15)7-12(21-13)19-10-6-4-3-5-9(10)14(16,17)18/h3-8H,1-2H3,(H,19,20,21). The van der Waals surface area contributed by atoms with Crippen molar-refractivity contribution in [1.29, 1.82) is 0 Å². The number of rotatable bonds is 3. The fourth-order valence-corrected chi connectivity index (χ4v) is 1.92. The van der Waals surface area contributed by atoms with Crippen LogP contribution in [0, 0.1) is 0 Å². The summed E-state index contributed by atoms with van der Waals surface area (Å²) >= 11 is 5.88. The number of nitrogens with one attached hydrogen (secondary N) is 1. The fourth-order valence-electron chi connectivity index (χ4n) is 1.73. The molecule has 1 aromatic carbocycles. The van der Waals surface area contributed by atoms with Crippen LogP contribution >= 0.6 is 11.6 Å². The topological polar surface area (TPSA) is 37.8 Å². The Morgan fingerprint density at radius 2 is 1.81 bits per heavy atom. The van der Waals surface area contributed by atoms with Crippen LogP contribution < -0.4 is 5.32 Å². The molecule has 2 aromatic rings. The minimum Gasteiger partial charge on any atom is -0.340 e. The van der Waals surface area contributed by atoms with Crippen LogP contribution in [0.25, 0.3) is 0 Å². The van der Waals surface area contributed by atoms with E-state index in [-0.39, 0.29) is 22.6 Å². The molecular formula is C14H13ClF3N3. The predicted molar refractivity (Wildman–Crippen MR) is 75.9 cm³/mol. The summed E-state index contributed by atoms with van der Waals surface area (Å²) in [5.74, 6) is 0.715. The molecule has 1 aromatic heterocycles. The molecule has 2 rings (SSSR count). The molecule has 0 amide bonds. The van der Waals surface area contributed by atoms with Crippen LogP contribution in [0.4, 0.5) is 24.7 Å². The molecule has 0 atom stereocenters. The molecule has 0 spiro atoms. The number of anilines is 2. The summed E-state index contributed by atoms with van der Waals surface area (Å²) in [6.45, 7) is 3.75. The fraction of sp³-hybridized carbons (Fsp3) is 0.286. The lowest BCUT2D eigenvalue weighted by molar-refractivity contribution is -0.136. The molecule has 7 heteroatoms. The third kappa shape index (κ3) is 3.85. The molecule has 0 saturated carbocycles. The van der Waals surface area contributed by atoms with Gasteiger partial charge in [-0.2, -0.15) is 13.2 Å². The van der Waals surface area contributed by atoms with Crippen LogP contribution in [0.3, 0.4) is 0 Å². The minimum absolute atomic E-state index is 0.0158. The van der Waals surface area contributed by atoms with E-state index in [4.69, 9.17) is 11.6 Å². The van der Waals surface area contributed by atoms with Crippen molar-refractivity contribution in [1.82, 2.24) is 9.97 Å². The number of hydrogen-bond acceptors (Lipinski definition) is 3. The summed E-state index contributed by atoms with van der Waals surface area (Å²) in [4.78, 5) is 8.22. The van der Waals surface area contributed by atoms with Gasteiger partial charge in [0.1, 0.15) is 16.8 Å². The second-order valence-corrected chi connectivity index (χ2v) is 5.14. The van der Waals surface area contributed by atoms with Crippen LogP contribution in [0.1, 0.15) is 31.2 Å². The zero-order valence-corrected chi connectivity index (χ0v) is 12.1. The first-order valence-corrected chi connectivity index (χ1v) is 6.63. The summed E-state index contributed by atoms with van der Waals surface area (Å²) in [6, 6.07) is 6.59. The third-order valence-electron chi connectivity index (χ3n) is 2.72. The number of nitrogens with zero attached hydrogens (tertiary/aromatic N) is 2. The Balaban J connectivity index is 2.39. The van der Waals surface area contributed by atoms with Gasteiger partial charge >= 0.3 is 6.18 Å². The second kappa shape index (κ2) is 5.89. The average Bonchev–Trinajstić information content (AvgIpc) is 2.37. The molecule has 0 fully saturated rings. The van der Waals surface area contributed by atoms with Gasteiger partial charge in [0.05, 0.1) is 11.3 Å². The lowest BCUT2D eigenvalue weighted by Gasteiger charge is -2.14. The van der Waals surface area contributed by atoms with Gasteiger partial charge in [-0.15, -0.1) is 0 Å². The van der Waals surface area contributed by atoms with Crippen molar-refractivity contribution in [2.45, 2.75) is 25.9 Å². The van der Waals surface area contributed by atoms with Gasteiger partial charge in [0.15, 0.2) is 0 Å². The Kier molecular flexibility index (Phi) is 4.37.